The van der Waals surface area contributed by atoms with Gasteiger partial charge in [-0.15, -0.1) is 0 Å². The highest BCUT2D eigenvalue weighted by atomic mass is 79.9. The van der Waals surface area contributed by atoms with Gasteiger partial charge in [-0.25, -0.2) is 8.78 Å². The second-order valence-corrected chi connectivity index (χ2v) is 5.99. The molecule has 2 nitrogen and oxygen atoms in total. The van der Waals surface area contributed by atoms with Crippen molar-refractivity contribution in [2.75, 3.05) is 0 Å². The van der Waals surface area contributed by atoms with Crippen molar-refractivity contribution in [1.82, 2.24) is 9.55 Å². The van der Waals surface area contributed by atoms with E-state index in [1.165, 1.54) is 18.2 Å². The van der Waals surface area contributed by atoms with Crippen molar-refractivity contribution in [3.05, 3.63) is 62.8 Å². The first-order chi connectivity index (χ1) is 10.0. The topological polar surface area (TPSA) is 20.7 Å². The van der Waals surface area contributed by atoms with Crippen LogP contribution in [0.5, 0.6) is 0 Å². The average Bonchev–Trinajstić information content (AvgIpc) is 2.72. The zero-order chi connectivity index (χ0) is 15.0. The summed E-state index contributed by atoms with van der Waals surface area (Å²) in [5.41, 5.74) is 2.37. The second kappa shape index (κ2) is 5.69. The lowest BCUT2D eigenvalue weighted by atomic mass is 10.1. The number of aromatic amines is 1. The van der Waals surface area contributed by atoms with Crippen LogP contribution in [0.4, 0.5) is 8.78 Å². The fourth-order valence-electron chi connectivity index (χ4n) is 2.31. The standard InChI is InChI=1S/C15H11BrF2N2S/c16-11-7-14-13(8-12(11)18)19-15(21)20(14)5-4-9-2-1-3-10(17)6-9/h1-3,6-8H,4-5H2,(H,19,21). The number of hydrogen-bond donors (Lipinski definition) is 1. The van der Waals surface area contributed by atoms with Crippen LogP contribution in [0.2, 0.25) is 0 Å². The number of H-pyrrole nitrogens is 1. The molecule has 2 aromatic carbocycles. The van der Waals surface area contributed by atoms with Crippen LogP contribution in [0.25, 0.3) is 11.0 Å². The number of hydrogen-bond acceptors (Lipinski definition) is 1. The predicted molar refractivity (Wildman–Crippen MR) is 84.9 cm³/mol. The Morgan fingerprint density at radius 3 is 2.76 bits per heavy atom. The maximum atomic E-state index is 13.5. The third kappa shape index (κ3) is 2.91. The van der Waals surface area contributed by atoms with Crippen molar-refractivity contribution in [3.63, 3.8) is 0 Å². The zero-order valence-electron chi connectivity index (χ0n) is 10.9. The maximum absolute atomic E-state index is 13.5. The molecule has 0 unspecified atom stereocenters. The summed E-state index contributed by atoms with van der Waals surface area (Å²) in [6.45, 7) is 0.598. The molecule has 0 fully saturated rings. The molecule has 0 amide bonds. The maximum Gasteiger partial charge on any atom is 0.178 e. The number of aryl methyl sites for hydroxylation is 2. The van der Waals surface area contributed by atoms with Crippen LogP contribution in [-0.4, -0.2) is 9.55 Å². The van der Waals surface area contributed by atoms with Crippen LogP contribution in [0.15, 0.2) is 40.9 Å². The largest absolute Gasteiger partial charge is 0.330 e. The number of imidazole rings is 1. The van der Waals surface area contributed by atoms with Crippen LogP contribution in [0.1, 0.15) is 5.56 Å². The summed E-state index contributed by atoms with van der Waals surface area (Å²) in [6.07, 6.45) is 0.647. The van der Waals surface area contributed by atoms with E-state index in [1.54, 1.807) is 12.1 Å². The van der Waals surface area contributed by atoms with Crippen LogP contribution in [-0.2, 0) is 13.0 Å². The van der Waals surface area contributed by atoms with Crippen LogP contribution in [0.3, 0.4) is 0 Å². The summed E-state index contributed by atoms with van der Waals surface area (Å²) in [7, 11) is 0. The summed E-state index contributed by atoms with van der Waals surface area (Å²) in [5, 5.41) is 0. The molecule has 3 aromatic rings. The van der Waals surface area contributed by atoms with Gasteiger partial charge in [0.1, 0.15) is 11.6 Å². The van der Waals surface area contributed by atoms with E-state index >= 15 is 0 Å². The molecule has 0 saturated carbocycles. The third-order valence-electron chi connectivity index (χ3n) is 3.33. The summed E-state index contributed by atoms with van der Waals surface area (Å²) < 4.78 is 29.5. The molecule has 0 bridgehead atoms. The lowest BCUT2D eigenvalue weighted by molar-refractivity contribution is 0.620. The molecule has 0 aliphatic heterocycles. The van der Waals surface area contributed by atoms with Crippen molar-refractivity contribution in [2.45, 2.75) is 13.0 Å². The number of halogens is 3. The van der Waals surface area contributed by atoms with Crippen LogP contribution in [0, 0.1) is 16.4 Å². The summed E-state index contributed by atoms with van der Waals surface area (Å²) in [5.74, 6) is -0.587. The number of nitrogens with one attached hydrogen (secondary N) is 1. The number of rotatable bonds is 3. The van der Waals surface area contributed by atoms with Crippen molar-refractivity contribution in [1.29, 1.82) is 0 Å². The number of nitrogens with zero attached hydrogens (tertiary/aromatic N) is 1. The van der Waals surface area contributed by atoms with Crippen molar-refractivity contribution < 1.29 is 8.78 Å². The van der Waals surface area contributed by atoms with E-state index in [2.05, 4.69) is 20.9 Å². The first-order valence-corrected chi connectivity index (χ1v) is 7.57. The van der Waals surface area contributed by atoms with Gasteiger partial charge in [0.2, 0.25) is 0 Å². The molecule has 0 spiro atoms. The molecule has 3 rings (SSSR count). The highest BCUT2D eigenvalue weighted by Gasteiger charge is 2.09. The van der Waals surface area contributed by atoms with Gasteiger partial charge in [0.15, 0.2) is 4.77 Å². The Labute approximate surface area is 133 Å². The fourth-order valence-corrected chi connectivity index (χ4v) is 2.94. The minimum atomic E-state index is -0.337. The van der Waals surface area contributed by atoms with Gasteiger partial charge in [-0.3, -0.25) is 0 Å². The third-order valence-corrected chi connectivity index (χ3v) is 4.26. The highest BCUT2D eigenvalue weighted by molar-refractivity contribution is 9.10. The Morgan fingerprint density at radius 2 is 2.00 bits per heavy atom. The van der Waals surface area contributed by atoms with Crippen LogP contribution < -0.4 is 0 Å². The number of aromatic nitrogens is 2. The number of fused-ring (bicyclic) bond motifs is 1. The van der Waals surface area contributed by atoms with E-state index in [0.29, 0.717) is 27.7 Å². The van der Waals surface area contributed by atoms with Crippen molar-refractivity contribution in [2.24, 2.45) is 0 Å². The quantitative estimate of drug-likeness (QED) is 0.646. The molecule has 0 aliphatic carbocycles. The lowest BCUT2D eigenvalue weighted by Gasteiger charge is -2.06. The second-order valence-electron chi connectivity index (χ2n) is 4.75. The monoisotopic (exact) mass is 368 g/mol. The molecule has 6 heteroatoms. The van der Waals surface area contributed by atoms with Crippen molar-refractivity contribution >= 4 is 39.2 Å². The first-order valence-electron chi connectivity index (χ1n) is 6.36. The van der Waals surface area contributed by atoms with Crippen LogP contribution >= 0.6 is 28.1 Å². The van der Waals surface area contributed by atoms with E-state index in [9.17, 15) is 8.78 Å². The Bertz CT molecular complexity index is 870. The lowest BCUT2D eigenvalue weighted by Crippen LogP contribution is -2.01. The molecule has 1 N–H and O–H groups in total. The van der Waals surface area contributed by atoms with Crippen molar-refractivity contribution in [3.8, 4) is 0 Å². The molecule has 0 atom stereocenters. The fraction of sp³-hybridized carbons (Fsp3) is 0.133. The molecule has 0 aliphatic rings. The Balaban J connectivity index is 1.95. The number of benzene rings is 2. The predicted octanol–water partition coefficient (Wildman–Crippen LogP) is 4.98. The zero-order valence-corrected chi connectivity index (χ0v) is 13.3. The van der Waals surface area contributed by atoms with Gasteiger partial charge < -0.3 is 9.55 Å². The molecule has 108 valence electrons. The summed E-state index contributed by atoms with van der Waals surface area (Å²) in [4.78, 5) is 2.99. The first kappa shape index (κ1) is 14.4. The Kier molecular flexibility index (Phi) is 3.91. The van der Waals surface area contributed by atoms with E-state index in [-0.39, 0.29) is 11.6 Å². The molecular weight excluding hydrogens is 358 g/mol. The highest BCUT2D eigenvalue weighted by Crippen LogP contribution is 2.23. The Morgan fingerprint density at radius 1 is 1.19 bits per heavy atom. The van der Waals surface area contributed by atoms with Gasteiger partial charge >= 0.3 is 0 Å². The molecular formula is C15H11BrF2N2S. The smallest absolute Gasteiger partial charge is 0.178 e. The molecule has 21 heavy (non-hydrogen) atoms. The van der Waals surface area contributed by atoms with Gasteiger partial charge in [0.25, 0.3) is 0 Å². The molecule has 1 aromatic heterocycles. The summed E-state index contributed by atoms with van der Waals surface area (Å²) >= 11 is 8.46. The summed E-state index contributed by atoms with van der Waals surface area (Å²) in [6, 6.07) is 9.59. The van der Waals surface area contributed by atoms with Gasteiger partial charge in [0.05, 0.1) is 15.5 Å². The minimum Gasteiger partial charge on any atom is -0.330 e. The van der Waals surface area contributed by atoms with E-state index in [0.717, 1.165) is 11.1 Å². The van der Waals surface area contributed by atoms with E-state index in [4.69, 9.17) is 12.2 Å². The van der Waals surface area contributed by atoms with Gasteiger partial charge in [-0.05, 0) is 58.3 Å². The Hall–Kier alpha value is -1.53. The normalized spacial score (nSPS) is 11.2. The molecule has 0 saturated heterocycles. The molecule has 1 heterocycles. The molecule has 0 radical (unpaired) electrons. The van der Waals surface area contributed by atoms with E-state index in [1.807, 2.05) is 10.6 Å². The SMILES string of the molecule is Fc1cccc(CCn2c(=S)[nH]c3cc(F)c(Br)cc32)c1. The minimum absolute atomic E-state index is 0.250. The van der Waals surface area contributed by atoms with Gasteiger partial charge in [-0.1, -0.05) is 12.1 Å². The van der Waals surface area contributed by atoms with Gasteiger partial charge in [-0.2, -0.15) is 0 Å². The average molecular weight is 369 g/mol. The van der Waals surface area contributed by atoms with Gasteiger partial charge in [0, 0.05) is 12.6 Å². The van der Waals surface area contributed by atoms with E-state index < -0.39 is 0 Å².